The summed E-state index contributed by atoms with van der Waals surface area (Å²) in [4.78, 5) is 64.0. The molecule has 8 nitrogen and oxygen atoms in total. The summed E-state index contributed by atoms with van der Waals surface area (Å²) in [7, 11) is 0. The van der Waals surface area contributed by atoms with E-state index in [0.29, 0.717) is 16.7 Å². The van der Waals surface area contributed by atoms with Gasteiger partial charge in [0.25, 0.3) is 11.8 Å². The number of ketones is 1. The maximum atomic E-state index is 15.2. The van der Waals surface area contributed by atoms with Crippen LogP contribution in [0.5, 0.6) is 5.75 Å². The summed E-state index contributed by atoms with van der Waals surface area (Å²) in [6.45, 7) is 4.41. The van der Waals surface area contributed by atoms with Gasteiger partial charge in [-0.2, -0.15) is 0 Å². The minimum atomic E-state index is -2.68. The molecule has 3 aromatic carbocycles. The van der Waals surface area contributed by atoms with Crippen LogP contribution in [0, 0.1) is 60.7 Å². The zero-order chi connectivity index (χ0) is 37.2. The fourth-order valence-electron chi connectivity index (χ4n) is 8.20. The summed E-state index contributed by atoms with van der Waals surface area (Å²) in [6.07, 6.45) is 0.895. The van der Waals surface area contributed by atoms with Crippen molar-refractivity contribution >= 4 is 64.0 Å². The lowest BCUT2D eigenvalue weighted by Gasteiger charge is -2.50. The van der Waals surface area contributed by atoms with Crippen molar-refractivity contribution in [1.29, 1.82) is 0 Å². The summed E-state index contributed by atoms with van der Waals surface area (Å²) in [5, 5.41) is 10.6. The van der Waals surface area contributed by atoms with E-state index in [1.165, 1.54) is 57.2 Å². The number of Topliss-reactive ketones (excluding diaryl/α,β-unsaturated/α-hetero) is 1. The summed E-state index contributed by atoms with van der Waals surface area (Å²) in [5.74, 6) is -21.9. The van der Waals surface area contributed by atoms with Crippen molar-refractivity contribution in [2.75, 3.05) is 9.80 Å². The average Bonchev–Trinajstić information content (AvgIpc) is 3.43. The van der Waals surface area contributed by atoms with Crippen molar-refractivity contribution in [2.45, 2.75) is 49.3 Å². The van der Waals surface area contributed by atoms with Crippen molar-refractivity contribution in [3.63, 3.8) is 0 Å². The quantitative estimate of drug-likeness (QED) is 0.0607. The SMILES string of the molecule is CC(=O)c1ccc(N2C(=O)[C@H]3[C@H](CC=C4[C@H]3C[C@@]3(Cl)C(=O)N(c5c(F)c(F)c(F)c(F)c5F)C(=O)[C@@]3(Cl)[C@H]4c3cc(C)c(O)c(C)c3)C2=O)cc1. The third kappa shape index (κ3) is 4.46. The van der Waals surface area contributed by atoms with E-state index >= 15 is 8.78 Å². The highest BCUT2D eigenvalue weighted by atomic mass is 35.5. The molecular formula is C36H25Cl2F5N2O6. The minimum Gasteiger partial charge on any atom is -0.507 e. The number of anilines is 2. The van der Waals surface area contributed by atoms with E-state index in [1.807, 2.05) is 0 Å². The number of benzene rings is 3. The molecule has 1 N–H and O–H groups in total. The molecule has 0 unspecified atom stereocenters. The number of amides is 4. The molecule has 264 valence electrons. The number of alkyl halides is 2. The zero-order valence-electron chi connectivity index (χ0n) is 26.8. The first-order valence-electron chi connectivity index (χ1n) is 15.7. The number of phenolic OH excluding ortho intramolecular Hbond substituents is 1. The number of phenols is 1. The number of imide groups is 2. The van der Waals surface area contributed by atoms with E-state index in [9.17, 15) is 42.3 Å². The third-order valence-electron chi connectivity index (χ3n) is 10.6. The average molecular weight is 748 g/mol. The second kappa shape index (κ2) is 11.4. The lowest BCUT2D eigenvalue weighted by atomic mass is 9.56. The molecule has 15 heteroatoms. The van der Waals surface area contributed by atoms with E-state index in [2.05, 4.69) is 0 Å². The van der Waals surface area contributed by atoms with Crippen LogP contribution in [-0.2, 0) is 19.2 Å². The topological polar surface area (TPSA) is 112 Å². The van der Waals surface area contributed by atoms with Gasteiger partial charge in [-0.3, -0.25) is 28.9 Å². The zero-order valence-corrected chi connectivity index (χ0v) is 28.3. The maximum Gasteiger partial charge on any atom is 0.258 e. The Morgan fingerprint density at radius 3 is 1.90 bits per heavy atom. The molecule has 0 radical (unpaired) electrons. The smallest absolute Gasteiger partial charge is 0.258 e. The van der Waals surface area contributed by atoms with Gasteiger partial charge in [0.2, 0.25) is 17.6 Å². The van der Waals surface area contributed by atoms with Crippen LogP contribution in [-0.4, -0.2) is 44.3 Å². The Bertz CT molecular complexity index is 2140. The largest absolute Gasteiger partial charge is 0.507 e. The Morgan fingerprint density at radius 1 is 0.804 bits per heavy atom. The number of carbonyl (C=O) groups is 5. The number of allylic oxidation sites excluding steroid dienone is 2. The molecule has 0 bridgehead atoms. The number of halogens is 7. The van der Waals surface area contributed by atoms with Gasteiger partial charge in [-0.05, 0) is 80.5 Å². The molecule has 0 aromatic heterocycles. The van der Waals surface area contributed by atoms with Gasteiger partial charge in [0.1, 0.15) is 11.4 Å². The first kappa shape index (κ1) is 34.8. The molecule has 4 amide bonds. The highest BCUT2D eigenvalue weighted by Crippen LogP contribution is 2.66. The third-order valence-corrected chi connectivity index (χ3v) is 12.0. The molecule has 2 aliphatic carbocycles. The molecule has 3 aromatic rings. The fraction of sp³-hybridized carbons (Fsp3) is 0.306. The number of hydrogen-bond donors (Lipinski definition) is 1. The van der Waals surface area contributed by atoms with Crippen LogP contribution in [0.3, 0.4) is 0 Å². The number of rotatable bonds is 4. The van der Waals surface area contributed by atoms with Gasteiger partial charge in [-0.15, -0.1) is 23.2 Å². The van der Waals surface area contributed by atoms with Crippen LogP contribution in [0.25, 0.3) is 0 Å². The molecule has 7 rings (SSSR count). The lowest BCUT2D eigenvalue weighted by molar-refractivity contribution is -0.125. The molecular weight excluding hydrogens is 722 g/mol. The number of carbonyl (C=O) groups excluding carboxylic acids is 5. The molecule has 2 heterocycles. The Morgan fingerprint density at radius 2 is 1.35 bits per heavy atom. The normalized spacial score (nSPS) is 28.5. The predicted molar refractivity (Wildman–Crippen MR) is 173 cm³/mol. The van der Waals surface area contributed by atoms with E-state index in [-0.39, 0.29) is 39.7 Å². The molecule has 2 aliphatic heterocycles. The molecule has 0 spiro atoms. The summed E-state index contributed by atoms with van der Waals surface area (Å²) >= 11 is 14.3. The van der Waals surface area contributed by atoms with Gasteiger partial charge >= 0.3 is 0 Å². The predicted octanol–water partition coefficient (Wildman–Crippen LogP) is 6.68. The van der Waals surface area contributed by atoms with Gasteiger partial charge in [0.05, 0.1) is 17.5 Å². The van der Waals surface area contributed by atoms with Crippen LogP contribution in [0.15, 0.2) is 48.0 Å². The van der Waals surface area contributed by atoms with E-state index in [1.54, 1.807) is 6.08 Å². The summed E-state index contributed by atoms with van der Waals surface area (Å²) in [6, 6.07) is 8.63. The Kier molecular flexibility index (Phi) is 7.81. The minimum absolute atomic E-state index is 0.0403. The van der Waals surface area contributed by atoms with Gasteiger partial charge in [0, 0.05) is 11.5 Å². The van der Waals surface area contributed by atoms with Crippen LogP contribution in [0.1, 0.15) is 52.7 Å². The van der Waals surface area contributed by atoms with Gasteiger partial charge in [-0.25, -0.2) is 26.9 Å². The maximum absolute atomic E-state index is 15.2. The van der Waals surface area contributed by atoms with Crippen molar-refractivity contribution < 1.29 is 51.0 Å². The Hall–Kier alpha value is -4.62. The molecule has 3 fully saturated rings. The number of hydrogen-bond acceptors (Lipinski definition) is 6. The van der Waals surface area contributed by atoms with E-state index in [0.717, 1.165) is 4.90 Å². The van der Waals surface area contributed by atoms with Crippen LogP contribution in [0.4, 0.5) is 33.3 Å². The molecule has 4 aliphatic rings. The van der Waals surface area contributed by atoms with Crippen molar-refractivity contribution in [3.8, 4) is 5.75 Å². The first-order chi connectivity index (χ1) is 23.9. The van der Waals surface area contributed by atoms with Crippen LogP contribution >= 0.6 is 23.2 Å². The fourth-order valence-corrected chi connectivity index (χ4v) is 9.13. The second-order valence-electron chi connectivity index (χ2n) is 13.3. The van der Waals surface area contributed by atoms with Crippen molar-refractivity contribution in [2.24, 2.45) is 17.8 Å². The van der Waals surface area contributed by atoms with Crippen LogP contribution < -0.4 is 9.80 Å². The Labute approximate surface area is 296 Å². The highest BCUT2D eigenvalue weighted by Gasteiger charge is 2.77. The monoisotopic (exact) mass is 746 g/mol. The van der Waals surface area contributed by atoms with Gasteiger partial charge in [0.15, 0.2) is 38.8 Å². The van der Waals surface area contributed by atoms with Crippen molar-refractivity contribution in [1.82, 2.24) is 0 Å². The highest BCUT2D eigenvalue weighted by molar-refractivity contribution is 6.58. The summed E-state index contributed by atoms with van der Waals surface area (Å²) < 4.78 is 73.4. The molecule has 2 saturated heterocycles. The van der Waals surface area contributed by atoms with Gasteiger partial charge in [-0.1, -0.05) is 23.8 Å². The lowest BCUT2D eigenvalue weighted by Crippen LogP contribution is -2.60. The number of aryl methyl sites for hydroxylation is 2. The van der Waals surface area contributed by atoms with Gasteiger partial charge < -0.3 is 5.11 Å². The standard InChI is InChI=1S/C36H25Cl2F5N2O6/c1-13-10-17(11-14(2)30(13)47)23-19-8-9-20-22(32(49)44(31(20)48)18-6-4-16(5-7-18)15(3)46)21(19)12-35(37)33(50)45(34(51)36(23,35)38)29-27(42)25(40)24(39)26(41)28(29)43/h4-8,10-11,20-23,47H,9,12H2,1-3H3/t20-,21+,22-,23-,35+,36-/m0/s1. The molecule has 1 saturated carbocycles. The number of fused-ring (bicyclic) bond motifs is 4. The van der Waals surface area contributed by atoms with E-state index in [4.69, 9.17) is 23.2 Å². The second-order valence-corrected chi connectivity index (χ2v) is 14.6. The molecule has 51 heavy (non-hydrogen) atoms. The number of aromatic hydroxyl groups is 1. The van der Waals surface area contributed by atoms with E-state index < -0.39 is 98.2 Å². The summed E-state index contributed by atoms with van der Waals surface area (Å²) in [5.41, 5.74) is -0.313. The Balaban J connectivity index is 1.42. The first-order valence-corrected chi connectivity index (χ1v) is 16.4. The van der Waals surface area contributed by atoms with Crippen LogP contribution in [0.2, 0.25) is 0 Å². The molecule has 6 atom stereocenters. The van der Waals surface area contributed by atoms with Crippen molar-refractivity contribution in [3.05, 3.63) is 99.4 Å². The number of nitrogens with zero attached hydrogens (tertiary/aromatic N) is 2.